The lowest BCUT2D eigenvalue weighted by molar-refractivity contribution is 0.0995. The molecule has 94 valence electrons. The van der Waals surface area contributed by atoms with E-state index in [-0.39, 0.29) is 12.2 Å². The predicted octanol–water partition coefficient (Wildman–Crippen LogP) is 1.53. The third kappa shape index (κ3) is 2.19. The van der Waals surface area contributed by atoms with Gasteiger partial charge in [0.25, 0.3) is 5.91 Å². The van der Waals surface area contributed by atoms with Crippen LogP contribution in [0.1, 0.15) is 21.7 Å². The van der Waals surface area contributed by atoms with E-state index >= 15 is 0 Å². The van der Waals surface area contributed by atoms with Crippen molar-refractivity contribution >= 4 is 17.5 Å². The molecule has 0 saturated carbocycles. The van der Waals surface area contributed by atoms with Gasteiger partial charge >= 0.3 is 0 Å². The second-order valence-electron chi connectivity index (χ2n) is 3.75. The van der Waals surface area contributed by atoms with Gasteiger partial charge in [0.15, 0.2) is 5.69 Å². The zero-order chi connectivity index (χ0) is 13.3. The van der Waals surface area contributed by atoms with Crippen LogP contribution >= 0.6 is 11.6 Å². The average molecular weight is 269 g/mol. The van der Waals surface area contributed by atoms with Gasteiger partial charge in [0, 0.05) is 10.6 Å². The van der Waals surface area contributed by atoms with Crippen molar-refractivity contribution in [2.24, 2.45) is 5.73 Å². The summed E-state index contributed by atoms with van der Waals surface area (Å²) in [5, 5.41) is 7.70. The number of aromatic nitrogens is 3. The lowest BCUT2D eigenvalue weighted by Gasteiger charge is -2.06. The number of amides is 1. The van der Waals surface area contributed by atoms with Crippen LogP contribution in [0.25, 0.3) is 0 Å². The molecular weight excluding hydrogens is 259 g/mol. The molecule has 0 radical (unpaired) electrons. The molecule has 2 aromatic rings. The Kier molecular flexibility index (Phi) is 3.29. The van der Waals surface area contributed by atoms with Gasteiger partial charge in [-0.25, -0.2) is 9.07 Å². The molecule has 1 amide bonds. The molecule has 0 fully saturated rings. The fraction of sp³-hybridized carbons (Fsp3) is 0.182. The second-order valence-corrected chi connectivity index (χ2v) is 4.15. The zero-order valence-electron chi connectivity index (χ0n) is 9.52. The van der Waals surface area contributed by atoms with Crippen molar-refractivity contribution in [1.29, 1.82) is 0 Å². The number of nitrogens with two attached hydrogens (primary N) is 1. The highest BCUT2D eigenvalue weighted by Gasteiger charge is 2.15. The smallest absolute Gasteiger partial charge is 0.271 e. The maximum atomic E-state index is 13.6. The van der Waals surface area contributed by atoms with Gasteiger partial charge in [-0.3, -0.25) is 4.79 Å². The van der Waals surface area contributed by atoms with Crippen LogP contribution in [0.3, 0.4) is 0 Å². The summed E-state index contributed by atoms with van der Waals surface area (Å²) in [5.74, 6) is -1.10. The van der Waals surface area contributed by atoms with Crippen molar-refractivity contribution < 1.29 is 9.18 Å². The number of primary amides is 1. The third-order valence-corrected chi connectivity index (χ3v) is 2.94. The van der Waals surface area contributed by atoms with E-state index in [1.54, 1.807) is 13.0 Å². The van der Waals surface area contributed by atoms with E-state index in [0.29, 0.717) is 16.3 Å². The number of carbonyl (C=O) groups is 1. The Hall–Kier alpha value is -1.95. The summed E-state index contributed by atoms with van der Waals surface area (Å²) < 4.78 is 15.0. The first kappa shape index (κ1) is 12.5. The zero-order valence-corrected chi connectivity index (χ0v) is 10.3. The quantitative estimate of drug-likeness (QED) is 0.917. The molecule has 0 saturated heterocycles. The lowest BCUT2D eigenvalue weighted by atomic mass is 10.2. The fourth-order valence-electron chi connectivity index (χ4n) is 1.57. The van der Waals surface area contributed by atoms with Crippen LogP contribution in [0.2, 0.25) is 5.02 Å². The topological polar surface area (TPSA) is 73.8 Å². The number of carbonyl (C=O) groups excluding carboxylic acids is 1. The number of rotatable bonds is 3. The maximum absolute atomic E-state index is 13.6. The van der Waals surface area contributed by atoms with Crippen molar-refractivity contribution in [3.05, 3.63) is 46.0 Å². The Morgan fingerprint density at radius 1 is 1.56 bits per heavy atom. The van der Waals surface area contributed by atoms with Crippen molar-refractivity contribution in [3.63, 3.8) is 0 Å². The van der Waals surface area contributed by atoms with E-state index in [1.807, 2.05) is 0 Å². The molecule has 0 aliphatic heterocycles. The summed E-state index contributed by atoms with van der Waals surface area (Å²) in [6.45, 7) is 1.73. The number of benzene rings is 1. The third-order valence-electron chi connectivity index (χ3n) is 2.59. The van der Waals surface area contributed by atoms with Crippen LogP contribution in [-0.2, 0) is 6.54 Å². The van der Waals surface area contributed by atoms with E-state index in [0.717, 1.165) is 0 Å². The summed E-state index contributed by atoms with van der Waals surface area (Å²) in [6.07, 6.45) is 0. The monoisotopic (exact) mass is 268 g/mol. The number of hydrogen-bond acceptors (Lipinski definition) is 3. The largest absolute Gasteiger partial charge is 0.364 e. The van der Waals surface area contributed by atoms with Gasteiger partial charge < -0.3 is 5.73 Å². The second kappa shape index (κ2) is 4.73. The molecule has 5 nitrogen and oxygen atoms in total. The van der Waals surface area contributed by atoms with Gasteiger partial charge in [-0.05, 0) is 19.1 Å². The molecule has 0 atom stereocenters. The van der Waals surface area contributed by atoms with Gasteiger partial charge in [-0.2, -0.15) is 0 Å². The molecule has 0 aliphatic carbocycles. The minimum absolute atomic E-state index is 0.0717. The number of halogens is 2. The first-order valence-electron chi connectivity index (χ1n) is 5.13. The van der Waals surface area contributed by atoms with Crippen molar-refractivity contribution in [2.75, 3.05) is 0 Å². The minimum atomic E-state index is -0.668. The lowest BCUT2D eigenvalue weighted by Crippen LogP contribution is -2.14. The molecule has 2 N–H and O–H groups in total. The Morgan fingerprint density at radius 3 is 2.83 bits per heavy atom. The van der Waals surface area contributed by atoms with Crippen LogP contribution in [0, 0.1) is 12.7 Å². The molecule has 1 aromatic carbocycles. The van der Waals surface area contributed by atoms with Crippen molar-refractivity contribution in [2.45, 2.75) is 13.5 Å². The minimum Gasteiger partial charge on any atom is -0.364 e. The Labute approximate surface area is 107 Å². The van der Waals surface area contributed by atoms with E-state index in [9.17, 15) is 9.18 Å². The normalized spacial score (nSPS) is 10.6. The Morgan fingerprint density at radius 2 is 2.28 bits per heavy atom. The van der Waals surface area contributed by atoms with E-state index < -0.39 is 11.7 Å². The summed E-state index contributed by atoms with van der Waals surface area (Å²) in [7, 11) is 0. The highest BCUT2D eigenvalue weighted by molar-refractivity contribution is 6.31. The fourth-order valence-corrected chi connectivity index (χ4v) is 1.79. The average Bonchev–Trinajstić information content (AvgIpc) is 2.66. The standard InChI is InChI=1S/C11H10ClFN4O/c1-6-10(11(14)18)15-16-17(6)5-7-8(12)3-2-4-9(7)13/h2-4H,5H2,1H3,(H2,14,18). The van der Waals surface area contributed by atoms with E-state index in [1.165, 1.54) is 16.8 Å². The van der Waals surface area contributed by atoms with Gasteiger partial charge in [0.1, 0.15) is 5.82 Å². The van der Waals surface area contributed by atoms with Gasteiger partial charge in [-0.15, -0.1) is 5.10 Å². The summed E-state index contributed by atoms with van der Waals surface area (Å²) in [4.78, 5) is 11.0. The van der Waals surface area contributed by atoms with Crippen molar-refractivity contribution in [1.82, 2.24) is 15.0 Å². The molecule has 0 spiro atoms. The SMILES string of the molecule is Cc1c(C(N)=O)nnn1Cc1c(F)cccc1Cl. The van der Waals surface area contributed by atoms with Crippen LogP contribution in [-0.4, -0.2) is 20.9 Å². The van der Waals surface area contributed by atoms with E-state index in [4.69, 9.17) is 17.3 Å². The first-order valence-corrected chi connectivity index (χ1v) is 5.51. The molecule has 0 bridgehead atoms. The molecular formula is C11H10ClFN4O. The molecule has 7 heteroatoms. The number of nitrogens with zero attached hydrogens (tertiary/aromatic N) is 3. The maximum Gasteiger partial charge on any atom is 0.271 e. The highest BCUT2D eigenvalue weighted by atomic mass is 35.5. The van der Waals surface area contributed by atoms with Crippen LogP contribution in [0.5, 0.6) is 0 Å². The van der Waals surface area contributed by atoms with Crippen molar-refractivity contribution in [3.8, 4) is 0 Å². The van der Waals surface area contributed by atoms with Gasteiger partial charge in [0.2, 0.25) is 0 Å². The first-order chi connectivity index (χ1) is 8.50. The van der Waals surface area contributed by atoms with E-state index in [2.05, 4.69) is 10.3 Å². The Bertz CT molecular complexity index is 591. The van der Waals surface area contributed by atoms with Gasteiger partial charge in [0.05, 0.1) is 12.2 Å². The Balaban J connectivity index is 2.38. The molecule has 0 unspecified atom stereocenters. The molecule has 1 heterocycles. The predicted molar refractivity (Wildman–Crippen MR) is 63.8 cm³/mol. The molecule has 18 heavy (non-hydrogen) atoms. The van der Waals surface area contributed by atoms with Crippen LogP contribution in [0.4, 0.5) is 4.39 Å². The van der Waals surface area contributed by atoms with Crippen LogP contribution < -0.4 is 5.73 Å². The van der Waals surface area contributed by atoms with Crippen LogP contribution in [0.15, 0.2) is 18.2 Å². The molecule has 1 aromatic heterocycles. The number of hydrogen-bond donors (Lipinski definition) is 1. The van der Waals surface area contributed by atoms with Gasteiger partial charge in [-0.1, -0.05) is 22.9 Å². The summed E-state index contributed by atoms with van der Waals surface area (Å²) in [5.41, 5.74) is 5.97. The summed E-state index contributed by atoms with van der Waals surface area (Å²) >= 11 is 5.91. The molecule has 2 rings (SSSR count). The highest BCUT2D eigenvalue weighted by Crippen LogP contribution is 2.20. The summed E-state index contributed by atoms with van der Waals surface area (Å²) in [6, 6.07) is 4.41. The molecule has 0 aliphatic rings.